The van der Waals surface area contributed by atoms with Crippen LogP contribution in [0, 0.1) is 17.3 Å². The van der Waals surface area contributed by atoms with Crippen LogP contribution in [0.5, 0.6) is 0 Å². The molecule has 2 rings (SSSR count). The third kappa shape index (κ3) is 8.22. The second-order valence-electron chi connectivity index (χ2n) is 10.1. The number of hydrogen-bond acceptors (Lipinski definition) is 8. The maximum Gasteiger partial charge on any atom is 0.309 e. The van der Waals surface area contributed by atoms with Gasteiger partial charge < -0.3 is 20.1 Å². The van der Waals surface area contributed by atoms with Crippen molar-refractivity contribution in [3.63, 3.8) is 0 Å². The number of carbonyl (C=O) groups excluding carboxylic acids is 2. The first kappa shape index (κ1) is 29.6. The number of nitrogens with zero attached hydrogens (tertiary/aromatic N) is 1. The lowest BCUT2D eigenvalue weighted by Gasteiger charge is -2.34. The van der Waals surface area contributed by atoms with Gasteiger partial charge in [-0.3, -0.25) is 9.59 Å². The molecule has 0 spiro atoms. The molecular weight excluding hydrogens is 490 g/mol. The smallest absolute Gasteiger partial charge is 0.309 e. The van der Waals surface area contributed by atoms with E-state index >= 15 is 0 Å². The van der Waals surface area contributed by atoms with Gasteiger partial charge in [-0.05, 0) is 38.2 Å². The zero-order valence-corrected chi connectivity index (χ0v) is 22.7. The van der Waals surface area contributed by atoms with E-state index in [2.05, 4.69) is 4.98 Å². The minimum atomic E-state index is -1.29. The summed E-state index contributed by atoms with van der Waals surface area (Å²) in [5.41, 5.74) is 0.412. The van der Waals surface area contributed by atoms with Crippen molar-refractivity contribution in [3.8, 4) is 0 Å². The van der Waals surface area contributed by atoms with Gasteiger partial charge in [0.05, 0.1) is 41.4 Å². The first-order valence-electron chi connectivity index (χ1n) is 12.0. The van der Waals surface area contributed by atoms with Crippen molar-refractivity contribution >= 4 is 40.8 Å². The van der Waals surface area contributed by atoms with E-state index in [-0.39, 0.29) is 29.8 Å². The Labute approximate surface area is 216 Å². The summed E-state index contributed by atoms with van der Waals surface area (Å²) in [6.07, 6.45) is 3.04. The SMILES string of the molecule is C/C1=C/C[C@@H](C(Cl)=Cc2csc(CO)n2)OC(=O)C[C@H](O)C(C)(C)C(=O)[C@H](C)[C@@H](O)[C@@H](C)CCC1. The number of halogens is 1. The minimum absolute atomic E-state index is 0.0837. The molecule has 0 fully saturated rings. The fraction of sp³-hybridized carbons (Fsp3) is 0.654. The van der Waals surface area contributed by atoms with Crippen LogP contribution in [0.25, 0.3) is 6.08 Å². The molecule has 3 N–H and O–H groups in total. The van der Waals surface area contributed by atoms with Gasteiger partial charge in [-0.2, -0.15) is 0 Å². The third-order valence-electron chi connectivity index (χ3n) is 6.82. The van der Waals surface area contributed by atoms with E-state index in [0.717, 1.165) is 24.8 Å². The molecule has 1 aliphatic heterocycles. The number of ketones is 1. The van der Waals surface area contributed by atoms with Crippen LogP contribution >= 0.6 is 22.9 Å². The molecule has 35 heavy (non-hydrogen) atoms. The van der Waals surface area contributed by atoms with Gasteiger partial charge >= 0.3 is 5.97 Å². The molecule has 196 valence electrons. The Kier molecular flexibility index (Phi) is 11.1. The number of rotatable bonds is 3. The zero-order valence-electron chi connectivity index (χ0n) is 21.2. The predicted molar refractivity (Wildman–Crippen MR) is 138 cm³/mol. The Bertz CT molecular complexity index is 940. The molecule has 0 saturated heterocycles. The number of ether oxygens (including phenoxy) is 1. The van der Waals surface area contributed by atoms with Gasteiger partial charge in [0.25, 0.3) is 0 Å². The first-order valence-corrected chi connectivity index (χ1v) is 13.3. The normalized spacial score (nSPS) is 31.5. The van der Waals surface area contributed by atoms with E-state index in [1.807, 2.05) is 19.9 Å². The Morgan fingerprint density at radius 2 is 2.00 bits per heavy atom. The molecule has 1 aliphatic rings. The van der Waals surface area contributed by atoms with Crippen molar-refractivity contribution in [1.29, 1.82) is 0 Å². The van der Waals surface area contributed by atoms with Crippen LogP contribution in [0.3, 0.4) is 0 Å². The zero-order chi connectivity index (χ0) is 26.3. The monoisotopic (exact) mass is 527 g/mol. The number of aromatic nitrogens is 1. The Morgan fingerprint density at radius 3 is 2.63 bits per heavy atom. The number of aliphatic hydroxyl groups excluding tert-OH is 3. The second kappa shape index (κ2) is 13.1. The van der Waals surface area contributed by atoms with Crippen LogP contribution in [0.15, 0.2) is 22.1 Å². The van der Waals surface area contributed by atoms with Gasteiger partial charge in [0.1, 0.15) is 16.9 Å². The molecule has 0 aliphatic carbocycles. The topological polar surface area (TPSA) is 117 Å². The third-order valence-corrected chi connectivity index (χ3v) is 8.02. The Balaban J connectivity index is 2.33. The van der Waals surface area contributed by atoms with Crippen LogP contribution in [0.1, 0.15) is 77.4 Å². The minimum Gasteiger partial charge on any atom is -0.456 e. The largest absolute Gasteiger partial charge is 0.456 e. The molecule has 1 aromatic rings. The molecule has 9 heteroatoms. The summed E-state index contributed by atoms with van der Waals surface area (Å²) in [5.74, 6) is -1.73. The van der Waals surface area contributed by atoms with Crippen LogP contribution in [0.2, 0.25) is 0 Å². The van der Waals surface area contributed by atoms with Crippen molar-refractivity contribution < 1.29 is 29.6 Å². The van der Waals surface area contributed by atoms with Crippen LogP contribution in [-0.2, 0) is 20.9 Å². The quantitative estimate of drug-likeness (QED) is 0.387. The molecule has 0 radical (unpaired) electrons. The summed E-state index contributed by atoms with van der Waals surface area (Å²) in [6.45, 7) is 8.60. The summed E-state index contributed by atoms with van der Waals surface area (Å²) < 4.78 is 5.65. The van der Waals surface area contributed by atoms with Crippen molar-refractivity contribution in [1.82, 2.24) is 4.98 Å². The molecule has 1 aromatic heterocycles. The average molecular weight is 528 g/mol. The number of aliphatic hydroxyl groups is 3. The fourth-order valence-electron chi connectivity index (χ4n) is 4.22. The number of thiazole rings is 1. The highest BCUT2D eigenvalue weighted by atomic mass is 35.5. The molecule has 7 nitrogen and oxygen atoms in total. The van der Waals surface area contributed by atoms with E-state index in [0.29, 0.717) is 17.1 Å². The van der Waals surface area contributed by atoms with Crippen LogP contribution < -0.4 is 0 Å². The molecule has 0 unspecified atom stereocenters. The highest BCUT2D eigenvalue weighted by molar-refractivity contribution is 7.09. The van der Waals surface area contributed by atoms with E-state index in [1.54, 1.807) is 32.2 Å². The van der Waals surface area contributed by atoms with E-state index in [4.69, 9.17) is 16.3 Å². The van der Waals surface area contributed by atoms with Gasteiger partial charge in [0, 0.05) is 17.7 Å². The standard InChI is InChI=1S/C26H38ClNO6S/c1-15-7-6-8-16(2)24(32)17(3)25(33)26(4,5)21(30)12-23(31)34-20(10-9-15)19(27)11-18-14-35-22(13-29)28-18/h9,11,14,16-17,20-21,24,29-30,32H,6-8,10,12-13H2,1-5H3/b15-9-,19-11?/t16-,17+,20-,21-,24-/m0/s1. The highest BCUT2D eigenvalue weighted by Crippen LogP contribution is 2.32. The number of hydrogen-bond donors (Lipinski definition) is 3. The lowest BCUT2D eigenvalue weighted by Crippen LogP contribution is -2.45. The van der Waals surface area contributed by atoms with Crippen LogP contribution in [0.4, 0.5) is 0 Å². The van der Waals surface area contributed by atoms with E-state index in [9.17, 15) is 24.9 Å². The van der Waals surface area contributed by atoms with Crippen molar-refractivity contribution in [2.45, 2.75) is 91.6 Å². The molecule has 0 amide bonds. The average Bonchev–Trinajstić information content (AvgIpc) is 3.26. The number of carbonyl (C=O) groups is 2. The van der Waals surface area contributed by atoms with E-state index in [1.165, 1.54) is 11.3 Å². The molecule has 0 aromatic carbocycles. The second-order valence-corrected chi connectivity index (χ2v) is 11.5. The molecule has 0 saturated carbocycles. The highest BCUT2D eigenvalue weighted by Gasteiger charge is 2.42. The number of esters is 1. The van der Waals surface area contributed by atoms with Crippen molar-refractivity contribution in [2.24, 2.45) is 17.3 Å². The maximum atomic E-state index is 13.2. The molecule has 2 heterocycles. The predicted octanol–water partition coefficient (Wildman–Crippen LogP) is 4.63. The molecule has 0 bridgehead atoms. The Hall–Kier alpha value is -1.58. The maximum absolute atomic E-state index is 13.2. The lowest BCUT2D eigenvalue weighted by atomic mass is 9.73. The first-order chi connectivity index (χ1) is 16.4. The Morgan fingerprint density at radius 1 is 1.31 bits per heavy atom. The summed E-state index contributed by atoms with van der Waals surface area (Å²) in [7, 11) is 0. The summed E-state index contributed by atoms with van der Waals surface area (Å²) in [6, 6.07) is 0. The van der Waals surface area contributed by atoms with Gasteiger partial charge in [-0.25, -0.2) is 4.98 Å². The molecule has 5 atom stereocenters. The summed E-state index contributed by atoms with van der Waals surface area (Å²) in [5, 5.41) is 33.4. The number of cyclic esters (lactones) is 1. The van der Waals surface area contributed by atoms with Gasteiger partial charge in [0.15, 0.2) is 0 Å². The lowest BCUT2D eigenvalue weighted by molar-refractivity contribution is -0.153. The summed E-state index contributed by atoms with van der Waals surface area (Å²) in [4.78, 5) is 30.2. The van der Waals surface area contributed by atoms with Crippen molar-refractivity contribution in [2.75, 3.05) is 0 Å². The van der Waals surface area contributed by atoms with E-state index < -0.39 is 35.6 Å². The molecular formula is C26H38ClNO6S. The van der Waals surface area contributed by atoms with Crippen molar-refractivity contribution in [3.05, 3.63) is 32.8 Å². The van der Waals surface area contributed by atoms with Crippen LogP contribution in [-0.4, -0.2) is 50.4 Å². The van der Waals surface area contributed by atoms with Gasteiger partial charge in [0.2, 0.25) is 0 Å². The fourth-order valence-corrected chi connectivity index (χ4v) is 5.07. The van der Waals surface area contributed by atoms with Gasteiger partial charge in [-0.1, -0.05) is 50.9 Å². The van der Waals surface area contributed by atoms with Gasteiger partial charge in [-0.15, -0.1) is 11.3 Å². The summed E-state index contributed by atoms with van der Waals surface area (Å²) >= 11 is 7.84. The number of Topliss-reactive ketones (excluding diaryl/α,β-unsaturated/α-hetero) is 1. The number of allylic oxidation sites excluding steroid dienone is 1.